The maximum absolute atomic E-state index is 12.3. The first-order chi connectivity index (χ1) is 18.2. The Balaban J connectivity index is 1.88. The predicted octanol–water partition coefficient (Wildman–Crippen LogP) is 2.55. The number of ether oxygens (including phenoxy) is 5. The van der Waals surface area contributed by atoms with Crippen LogP contribution < -0.4 is 0 Å². The van der Waals surface area contributed by atoms with Gasteiger partial charge in [0.25, 0.3) is 0 Å². The van der Waals surface area contributed by atoms with E-state index in [0.29, 0.717) is 6.54 Å². The largest absolute Gasteiger partial charge is 0.463 e. The molecule has 0 amide bonds. The lowest BCUT2D eigenvalue weighted by molar-refractivity contribution is -0.500. The fraction of sp³-hybridized carbons (Fsp3) is 0.556. The van der Waals surface area contributed by atoms with Gasteiger partial charge in [0.1, 0.15) is 24.9 Å². The molecule has 1 unspecified atom stereocenters. The van der Waals surface area contributed by atoms with Crippen molar-refractivity contribution < 1.29 is 47.6 Å². The van der Waals surface area contributed by atoms with Crippen molar-refractivity contribution in [2.45, 2.75) is 83.5 Å². The fourth-order valence-electron chi connectivity index (χ4n) is 5.29. The molecule has 3 aliphatic rings. The second-order valence-corrected chi connectivity index (χ2v) is 9.54. The van der Waals surface area contributed by atoms with Crippen LogP contribution in [0.25, 0.3) is 5.70 Å². The summed E-state index contributed by atoms with van der Waals surface area (Å²) in [5, 5.41) is 4.93. The number of esters is 4. The Labute approximate surface area is 220 Å². The van der Waals surface area contributed by atoms with E-state index < -0.39 is 54.4 Å². The van der Waals surface area contributed by atoms with Crippen LogP contribution in [-0.2, 0) is 42.9 Å². The van der Waals surface area contributed by atoms with Crippen LogP contribution in [0.2, 0.25) is 0 Å². The molecule has 11 nitrogen and oxygen atoms in total. The first-order valence-electron chi connectivity index (χ1n) is 12.7. The highest BCUT2D eigenvalue weighted by atomic mass is 16.7. The Kier molecular flexibility index (Phi) is 8.55. The molecule has 0 aromatic heterocycles. The quantitative estimate of drug-likeness (QED) is 0.297. The minimum Gasteiger partial charge on any atom is -0.463 e. The van der Waals surface area contributed by atoms with Gasteiger partial charge < -0.3 is 23.7 Å². The second-order valence-electron chi connectivity index (χ2n) is 9.54. The van der Waals surface area contributed by atoms with Gasteiger partial charge in [0.2, 0.25) is 5.70 Å². The number of hydrogen-bond donors (Lipinski definition) is 0. The molecule has 0 aliphatic carbocycles. The topological polar surface area (TPSA) is 130 Å². The Morgan fingerprint density at radius 1 is 0.868 bits per heavy atom. The van der Waals surface area contributed by atoms with Gasteiger partial charge in [-0.05, 0) is 30.1 Å². The molecule has 204 valence electrons. The number of benzene rings is 1. The van der Waals surface area contributed by atoms with Crippen molar-refractivity contribution in [3.63, 3.8) is 0 Å². The third-order valence-corrected chi connectivity index (χ3v) is 6.61. The highest BCUT2D eigenvalue weighted by molar-refractivity contribution is 5.70. The van der Waals surface area contributed by atoms with Gasteiger partial charge in [-0.3, -0.25) is 19.2 Å². The first kappa shape index (κ1) is 27.4. The number of rotatable bonds is 7. The monoisotopic (exact) mass is 529 g/mol. The highest BCUT2D eigenvalue weighted by Crippen LogP contribution is 2.42. The number of hydrogen-bond acceptors (Lipinski definition) is 10. The maximum Gasteiger partial charge on any atom is 0.303 e. The van der Waals surface area contributed by atoms with Gasteiger partial charge in [-0.15, -0.1) is 0 Å². The highest BCUT2D eigenvalue weighted by Gasteiger charge is 2.57. The lowest BCUT2D eigenvalue weighted by Crippen LogP contribution is -2.63. The van der Waals surface area contributed by atoms with E-state index in [-0.39, 0.29) is 12.6 Å². The molecule has 1 aromatic rings. The van der Waals surface area contributed by atoms with Crippen molar-refractivity contribution in [3.8, 4) is 0 Å². The zero-order chi connectivity index (χ0) is 27.4. The van der Waals surface area contributed by atoms with Crippen molar-refractivity contribution in [3.05, 3.63) is 41.5 Å². The zero-order valence-electron chi connectivity index (χ0n) is 22.0. The molecule has 1 fully saturated rings. The van der Waals surface area contributed by atoms with Crippen LogP contribution in [0.1, 0.15) is 52.5 Å². The van der Waals surface area contributed by atoms with Crippen molar-refractivity contribution in [1.29, 1.82) is 0 Å². The molecular formula is C27H33N2O9+. The summed E-state index contributed by atoms with van der Waals surface area (Å²) in [6, 6.07) is 9.42. The fourth-order valence-corrected chi connectivity index (χ4v) is 5.29. The van der Waals surface area contributed by atoms with Gasteiger partial charge >= 0.3 is 23.9 Å². The molecule has 11 heteroatoms. The van der Waals surface area contributed by atoms with Crippen molar-refractivity contribution in [2.75, 3.05) is 13.2 Å². The lowest BCUT2D eigenvalue weighted by Gasteiger charge is -2.45. The minimum absolute atomic E-state index is 0.270. The van der Waals surface area contributed by atoms with E-state index in [1.165, 1.54) is 27.7 Å². The van der Waals surface area contributed by atoms with E-state index >= 15 is 0 Å². The average molecular weight is 530 g/mol. The van der Waals surface area contributed by atoms with Gasteiger partial charge in [0.05, 0.1) is 5.57 Å². The lowest BCUT2D eigenvalue weighted by atomic mass is 9.84. The van der Waals surface area contributed by atoms with Crippen LogP contribution in [-0.4, -0.2) is 78.3 Å². The molecule has 0 radical (unpaired) electrons. The third-order valence-electron chi connectivity index (χ3n) is 6.61. The van der Waals surface area contributed by atoms with Crippen molar-refractivity contribution in [2.24, 2.45) is 5.11 Å². The van der Waals surface area contributed by atoms with Crippen molar-refractivity contribution in [1.82, 2.24) is 0 Å². The number of azo groups is 2. The molecule has 38 heavy (non-hydrogen) atoms. The Bertz CT molecular complexity index is 1150. The standard InChI is InChI=1S/C27H33N2O9/c1-15(30)34-14-21-24(35-16(2)31)26(36-17(3)32)27(37-18(4)33)25(38-21)22-20-12-8-9-13-29(28-20)23(22)19-10-6-5-7-11-19/h5-7,10-11,20-21,24-27H,8-9,12-14H2,1-4H3/q+1/t20?,21-,24-,25+,26+,27+/m1/s1. The molecule has 1 aromatic carbocycles. The number of fused-ring (bicyclic) bond motifs is 1. The van der Waals surface area contributed by atoms with Gasteiger partial charge in [-0.2, -0.15) is 0 Å². The van der Waals surface area contributed by atoms with Gasteiger partial charge in [-0.25, -0.2) is 0 Å². The summed E-state index contributed by atoms with van der Waals surface area (Å²) in [6.07, 6.45) is -2.87. The molecule has 1 saturated heterocycles. The van der Waals surface area contributed by atoms with Crippen LogP contribution in [0.4, 0.5) is 0 Å². The zero-order valence-corrected chi connectivity index (χ0v) is 22.0. The Morgan fingerprint density at radius 2 is 1.50 bits per heavy atom. The average Bonchev–Trinajstić information content (AvgIpc) is 3.02. The SMILES string of the molecule is CC(=O)OC[C@H]1O[C@@H](C2=C(c3ccccc3)[N+]3=NC2CCCC3)[C@H](OC(C)=O)[C@@H](OC(C)=O)[C@@H]1OC(C)=O. The molecule has 3 heterocycles. The summed E-state index contributed by atoms with van der Waals surface area (Å²) in [4.78, 5) is 48.3. The summed E-state index contributed by atoms with van der Waals surface area (Å²) in [5.41, 5.74) is 2.51. The van der Waals surface area contributed by atoms with Crippen LogP contribution >= 0.6 is 0 Å². The van der Waals surface area contributed by atoms with E-state index in [1.54, 1.807) is 0 Å². The van der Waals surface area contributed by atoms with E-state index in [1.807, 2.05) is 35.0 Å². The minimum atomic E-state index is -1.22. The molecule has 4 rings (SSSR count). The summed E-state index contributed by atoms with van der Waals surface area (Å²) in [7, 11) is 0. The number of nitrogens with zero attached hydrogens (tertiary/aromatic N) is 2. The Hall–Kier alpha value is -3.60. The van der Waals surface area contributed by atoms with E-state index in [2.05, 4.69) is 0 Å². The smallest absolute Gasteiger partial charge is 0.303 e. The predicted molar refractivity (Wildman–Crippen MR) is 131 cm³/mol. The molecule has 0 saturated carbocycles. The number of carbonyl (C=O) groups excluding carboxylic acids is 4. The second kappa shape index (κ2) is 11.8. The van der Waals surface area contributed by atoms with Gasteiger partial charge in [0.15, 0.2) is 24.9 Å². The molecule has 2 bridgehead atoms. The van der Waals surface area contributed by atoms with Crippen LogP contribution in [0, 0.1) is 0 Å². The normalized spacial score (nSPS) is 28.6. The van der Waals surface area contributed by atoms with E-state index in [0.717, 1.165) is 36.1 Å². The summed E-state index contributed by atoms with van der Waals surface area (Å²) >= 11 is 0. The van der Waals surface area contributed by atoms with Crippen LogP contribution in [0.5, 0.6) is 0 Å². The molecular weight excluding hydrogens is 496 g/mol. The third kappa shape index (κ3) is 6.09. The van der Waals surface area contributed by atoms with Gasteiger partial charge in [0, 0.05) is 39.7 Å². The molecule has 6 atom stereocenters. The molecule has 0 N–H and O–H groups in total. The molecule has 3 aliphatic heterocycles. The maximum atomic E-state index is 12.3. The van der Waals surface area contributed by atoms with E-state index in [4.69, 9.17) is 28.8 Å². The summed E-state index contributed by atoms with van der Waals surface area (Å²) in [5.74, 6) is -2.51. The Morgan fingerprint density at radius 3 is 2.13 bits per heavy atom. The van der Waals surface area contributed by atoms with Gasteiger partial charge in [-0.1, -0.05) is 22.9 Å². The first-order valence-corrected chi connectivity index (χ1v) is 12.7. The number of carbonyl (C=O) groups is 4. The molecule has 0 spiro atoms. The van der Waals surface area contributed by atoms with Crippen LogP contribution in [0.15, 0.2) is 41.0 Å². The van der Waals surface area contributed by atoms with Crippen molar-refractivity contribution >= 4 is 29.6 Å². The van der Waals surface area contributed by atoms with E-state index in [9.17, 15) is 19.2 Å². The summed E-state index contributed by atoms with van der Waals surface area (Å²) < 4.78 is 30.6. The van der Waals surface area contributed by atoms with Crippen LogP contribution in [0.3, 0.4) is 0 Å². The summed E-state index contributed by atoms with van der Waals surface area (Å²) in [6.45, 7) is 5.34.